The molecule has 0 amide bonds. The molecule has 0 N–H and O–H groups in total. The van der Waals surface area contributed by atoms with Crippen LogP contribution in [0.25, 0.3) is 0 Å². The second-order valence-electron chi connectivity index (χ2n) is 2.39. The number of aromatic nitrogens is 2. The van der Waals surface area contributed by atoms with Crippen molar-refractivity contribution in [2.45, 2.75) is 13.4 Å². The summed E-state index contributed by atoms with van der Waals surface area (Å²) in [6, 6.07) is 1.54. The van der Waals surface area contributed by atoms with Crippen LogP contribution in [0.15, 0.2) is 12.3 Å². The molecule has 0 bridgehead atoms. The summed E-state index contributed by atoms with van der Waals surface area (Å²) in [5.41, 5.74) is 0.602. The van der Waals surface area contributed by atoms with Gasteiger partial charge in [0.2, 0.25) is 0 Å². The Balaban J connectivity index is 2.65. The zero-order valence-electron chi connectivity index (χ0n) is 5.97. The maximum absolute atomic E-state index is 11.8. The van der Waals surface area contributed by atoms with Crippen LogP contribution in [-0.2, 0) is 6.44 Å². The van der Waals surface area contributed by atoms with Crippen LogP contribution >= 0.6 is 0 Å². The SMILES string of the molecule is Cc1ccn(C[B-](F)(F)F)n1. The Morgan fingerprint density at radius 1 is 1.55 bits per heavy atom. The molecule has 0 aliphatic carbocycles. The molecule has 0 atom stereocenters. The van der Waals surface area contributed by atoms with Crippen LogP contribution in [0.2, 0.25) is 0 Å². The van der Waals surface area contributed by atoms with Gasteiger partial charge in [-0.05, 0) is 13.0 Å². The first kappa shape index (κ1) is 8.16. The first-order valence-corrected chi connectivity index (χ1v) is 3.18. The van der Waals surface area contributed by atoms with E-state index in [4.69, 9.17) is 0 Å². The van der Waals surface area contributed by atoms with E-state index in [2.05, 4.69) is 5.10 Å². The summed E-state index contributed by atoms with van der Waals surface area (Å²) in [6.07, 6.45) is 0.373. The number of hydrogen-bond donors (Lipinski definition) is 0. The van der Waals surface area contributed by atoms with E-state index in [1.807, 2.05) is 0 Å². The van der Waals surface area contributed by atoms with Gasteiger partial charge in [-0.15, -0.1) is 0 Å². The van der Waals surface area contributed by atoms with Crippen LogP contribution < -0.4 is 0 Å². The maximum Gasteiger partial charge on any atom is 0.499 e. The van der Waals surface area contributed by atoms with Gasteiger partial charge >= 0.3 is 6.98 Å². The summed E-state index contributed by atoms with van der Waals surface area (Å²) in [5.74, 6) is 0. The van der Waals surface area contributed by atoms with Crippen molar-refractivity contribution in [1.29, 1.82) is 0 Å². The molecule has 6 heteroatoms. The summed E-state index contributed by atoms with van der Waals surface area (Å²) in [4.78, 5) is 0. The Bertz CT molecular complexity index is 242. The van der Waals surface area contributed by atoms with E-state index < -0.39 is 13.4 Å². The number of rotatable bonds is 2. The molecule has 0 aliphatic heterocycles. The van der Waals surface area contributed by atoms with E-state index in [-0.39, 0.29) is 0 Å². The van der Waals surface area contributed by atoms with E-state index in [0.29, 0.717) is 5.69 Å². The van der Waals surface area contributed by atoms with Crippen molar-refractivity contribution in [3.05, 3.63) is 18.0 Å². The predicted octanol–water partition coefficient (Wildman–Crippen LogP) is 1.58. The molecule has 11 heavy (non-hydrogen) atoms. The molecular weight excluding hydrogens is 156 g/mol. The van der Waals surface area contributed by atoms with E-state index in [1.54, 1.807) is 13.0 Å². The topological polar surface area (TPSA) is 17.8 Å². The van der Waals surface area contributed by atoms with Crippen molar-refractivity contribution in [2.75, 3.05) is 0 Å². The van der Waals surface area contributed by atoms with Gasteiger partial charge in [-0.3, -0.25) is 4.68 Å². The maximum atomic E-state index is 11.8. The van der Waals surface area contributed by atoms with Crippen molar-refractivity contribution < 1.29 is 12.9 Å². The molecule has 0 radical (unpaired) electrons. The molecular formula is C5H7BF3N2-. The molecule has 1 rings (SSSR count). The lowest BCUT2D eigenvalue weighted by molar-refractivity contribution is 0.435. The zero-order valence-corrected chi connectivity index (χ0v) is 5.97. The van der Waals surface area contributed by atoms with Crippen molar-refractivity contribution in [1.82, 2.24) is 9.78 Å². The van der Waals surface area contributed by atoms with E-state index in [1.165, 1.54) is 6.20 Å². The first-order chi connectivity index (χ1) is 4.97. The fourth-order valence-electron chi connectivity index (χ4n) is 0.777. The third-order valence-electron chi connectivity index (χ3n) is 1.17. The Kier molecular flexibility index (Phi) is 1.93. The lowest BCUT2D eigenvalue weighted by atomic mass is 9.93. The van der Waals surface area contributed by atoms with Crippen LogP contribution in [0.4, 0.5) is 12.9 Å². The fourth-order valence-corrected chi connectivity index (χ4v) is 0.777. The van der Waals surface area contributed by atoms with Crippen LogP contribution in [0.1, 0.15) is 5.69 Å². The van der Waals surface area contributed by atoms with Crippen molar-refractivity contribution in [3.63, 3.8) is 0 Å². The summed E-state index contributed by atoms with van der Waals surface area (Å²) in [7, 11) is 0. The number of halogens is 3. The molecule has 2 nitrogen and oxygen atoms in total. The van der Waals surface area contributed by atoms with Crippen LogP contribution in [0.3, 0.4) is 0 Å². The highest BCUT2D eigenvalue weighted by Gasteiger charge is 2.23. The van der Waals surface area contributed by atoms with Crippen LogP contribution in [-0.4, -0.2) is 16.8 Å². The van der Waals surface area contributed by atoms with Crippen LogP contribution in [0.5, 0.6) is 0 Å². The molecule has 0 aliphatic rings. The number of hydrogen-bond acceptors (Lipinski definition) is 1. The highest BCUT2D eigenvalue weighted by Crippen LogP contribution is 2.10. The van der Waals surface area contributed by atoms with Gasteiger partial charge in [0.1, 0.15) is 0 Å². The number of nitrogens with zero attached hydrogens (tertiary/aromatic N) is 2. The molecule has 62 valence electrons. The molecule has 0 spiro atoms. The average Bonchev–Trinajstić information content (AvgIpc) is 2.10. The molecule has 0 aromatic carbocycles. The monoisotopic (exact) mass is 163 g/mol. The molecule has 0 saturated heterocycles. The minimum Gasteiger partial charge on any atom is -0.448 e. The van der Waals surface area contributed by atoms with Gasteiger partial charge in [-0.2, -0.15) is 5.10 Å². The smallest absolute Gasteiger partial charge is 0.448 e. The fraction of sp³-hybridized carbons (Fsp3) is 0.400. The lowest BCUT2D eigenvalue weighted by Crippen LogP contribution is -2.24. The van der Waals surface area contributed by atoms with Gasteiger partial charge < -0.3 is 12.9 Å². The van der Waals surface area contributed by atoms with Gasteiger partial charge in [0.05, 0.1) is 5.69 Å². The Labute approximate surface area is 62.1 Å². The van der Waals surface area contributed by atoms with Gasteiger partial charge in [0, 0.05) is 12.6 Å². The van der Waals surface area contributed by atoms with Gasteiger partial charge in [-0.25, -0.2) is 0 Å². The predicted molar refractivity (Wildman–Crippen MR) is 36.0 cm³/mol. The summed E-state index contributed by atoms with van der Waals surface area (Å²) in [6.45, 7) is -3.12. The summed E-state index contributed by atoms with van der Waals surface area (Å²) >= 11 is 0. The molecule has 0 saturated carbocycles. The van der Waals surface area contributed by atoms with E-state index >= 15 is 0 Å². The quantitative estimate of drug-likeness (QED) is 0.605. The average molecular weight is 163 g/mol. The second-order valence-corrected chi connectivity index (χ2v) is 2.39. The van der Waals surface area contributed by atoms with Crippen molar-refractivity contribution in [3.8, 4) is 0 Å². The van der Waals surface area contributed by atoms with Crippen molar-refractivity contribution >= 4 is 6.98 Å². The standard InChI is InChI=1S/C5H7BF3N2/c1-5-2-3-11(10-5)4-6(7,8)9/h2-3H,4H2,1H3/q-1. The molecule has 0 unspecified atom stereocenters. The lowest BCUT2D eigenvalue weighted by Gasteiger charge is -2.12. The minimum absolute atomic E-state index is 0.602. The largest absolute Gasteiger partial charge is 0.499 e. The summed E-state index contributed by atoms with van der Waals surface area (Å²) < 4.78 is 36.2. The number of aryl methyl sites for hydroxylation is 1. The van der Waals surface area contributed by atoms with E-state index in [9.17, 15) is 12.9 Å². The highest BCUT2D eigenvalue weighted by atomic mass is 19.4. The van der Waals surface area contributed by atoms with Crippen molar-refractivity contribution in [2.24, 2.45) is 0 Å². The molecule has 0 fully saturated rings. The van der Waals surface area contributed by atoms with Gasteiger partial charge in [0.15, 0.2) is 0 Å². The zero-order chi connectivity index (χ0) is 8.48. The van der Waals surface area contributed by atoms with Crippen LogP contribution in [0, 0.1) is 6.92 Å². The normalized spacial score (nSPS) is 12.0. The Hall–Kier alpha value is -0.935. The van der Waals surface area contributed by atoms with E-state index in [0.717, 1.165) is 4.68 Å². The Morgan fingerprint density at radius 2 is 2.18 bits per heavy atom. The first-order valence-electron chi connectivity index (χ1n) is 3.18. The minimum atomic E-state index is -4.77. The molecule has 1 heterocycles. The Morgan fingerprint density at radius 3 is 2.55 bits per heavy atom. The highest BCUT2D eigenvalue weighted by molar-refractivity contribution is 6.57. The third-order valence-corrected chi connectivity index (χ3v) is 1.17. The van der Waals surface area contributed by atoms with Gasteiger partial charge in [0.25, 0.3) is 0 Å². The molecule has 1 aromatic rings. The third kappa shape index (κ3) is 2.65. The second kappa shape index (κ2) is 2.60. The van der Waals surface area contributed by atoms with Gasteiger partial charge in [-0.1, -0.05) is 0 Å². The summed E-state index contributed by atoms with van der Waals surface area (Å²) in [5, 5.41) is 3.61. The molecule has 1 aromatic heterocycles.